The molecule has 0 spiro atoms. The number of benzene rings is 1. The molecule has 2 rings (SSSR count). The Kier molecular flexibility index (Phi) is 3.95. The Hall–Kier alpha value is -1.44. The first-order valence-electron chi connectivity index (χ1n) is 5.50. The van der Waals surface area contributed by atoms with E-state index in [9.17, 15) is 14.9 Å². The van der Waals surface area contributed by atoms with Gasteiger partial charge in [0.2, 0.25) is 0 Å². The highest BCUT2D eigenvalue weighted by Crippen LogP contribution is 2.26. The Morgan fingerprint density at radius 2 is 2.11 bits per heavy atom. The number of rotatable bonds is 3. The molecule has 0 fully saturated rings. The fourth-order valence-electron chi connectivity index (χ4n) is 1.78. The van der Waals surface area contributed by atoms with Crippen molar-refractivity contribution < 1.29 is 9.72 Å². The molecule has 0 saturated carbocycles. The molecule has 1 aliphatic rings. The summed E-state index contributed by atoms with van der Waals surface area (Å²) >= 11 is 2.04. The number of non-ortho nitro benzene ring substituents is 1. The molecule has 1 N–H and O–H groups in total. The van der Waals surface area contributed by atoms with Crippen LogP contribution in [0.1, 0.15) is 19.3 Å². The maximum absolute atomic E-state index is 11.3. The normalized spacial score (nSPS) is 15.2. The maximum Gasteiger partial charge on any atom is 0.270 e. The lowest BCUT2D eigenvalue weighted by molar-refractivity contribution is -0.384. The van der Waals surface area contributed by atoms with Crippen molar-refractivity contribution >= 4 is 39.7 Å². The van der Waals surface area contributed by atoms with E-state index in [2.05, 4.69) is 5.32 Å². The molecule has 0 atom stereocenters. The van der Waals surface area contributed by atoms with Gasteiger partial charge in [-0.25, -0.2) is 0 Å². The van der Waals surface area contributed by atoms with Crippen LogP contribution in [0.15, 0.2) is 30.0 Å². The first-order chi connectivity index (χ1) is 8.56. The van der Waals surface area contributed by atoms with Crippen molar-refractivity contribution in [3.05, 3.63) is 43.7 Å². The molecular formula is C12H11IN2O3. The molecule has 0 heterocycles. The predicted molar refractivity (Wildman–Crippen MR) is 76.4 cm³/mol. The zero-order valence-corrected chi connectivity index (χ0v) is 11.6. The van der Waals surface area contributed by atoms with Crippen molar-refractivity contribution in [2.45, 2.75) is 19.3 Å². The van der Waals surface area contributed by atoms with Crippen LogP contribution >= 0.6 is 22.6 Å². The van der Waals surface area contributed by atoms with Crippen LogP contribution in [0.3, 0.4) is 0 Å². The van der Waals surface area contributed by atoms with Gasteiger partial charge in [0.05, 0.1) is 10.6 Å². The number of halogens is 1. The van der Waals surface area contributed by atoms with E-state index in [0.29, 0.717) is 6.42 Å². The number of anilines is 1. The summed E-state index contributed by atoms with van der Waals surface area (Å²) in [6.45, 7) is 0. The van der Waals surface area contributed by atoms with Gasteiger partial charge in [0.15, 0.2) is 5.78 Å². The molecule has 18 heavy (non-hydrogen) atoms. The van der Waals surface area contributed by atoms with Gasteiger partial charge in [0, 0.05) is 33.9 Å². The van der Waals surface area contributed by atoms with Crippen molar-refractivity contribution in [1.29, 1.82) is 0 Å². The largest absolute Gasteiger partial charge is 0.358 e. The molecule has 0 bridgehead atoms. The monoisotopic (exact) mass is 358 g/mol. The molecule has 6 heteroatoms. The molecular weight excluding hydrogens is 347 g/mol. The molecule has 1 aromatic carbocycles. The lowest BCUT2D eigenvalue weighted by Crippen LogP contribution is -2.09. The number of allylic oxidation sites excluding steroid dienone is 2. The van der Waals surface area contributed by atoms with E-state index in [1.807, 2.05) is 22.6 Å². The number of hydrogen-bond donors (Lipinski definition) is 1. The fraction of sp³-hybridized carbons (Fsp3) is 0.250. The number of nitrogens with zero attached hydrogens (tertiary/aromatic N) is 1. The van der Waals surface area contributed by atoms with Crippen molar-refractivity contribution in [3.8, 4) is 0 Å². The van der Waals surface area contributed by atoms with Gasteiger partial charge in [0.25, 0.3) is 5.69 Å². The zero-order valence-electron chi connectivity index (χ0n) is 9.48. The Labute approximate surface area is 118 Å². The maximum atomic E-state index is 11.3. The van der Waals surface area contributed by atoms with Gasteiger partial charge in [-0.3, -0.25) is 14.9 Å². The van der Waals surface area contributed by atoms with Crippen LogP contribution in [0.5, 0.6) is 0 Å². The average molecular weight is 358 g/mol. The third-order valence-corrected chi connectivity index (χ3v) is 3.56. The number of nitro benzene ring substituents is 1. The molecule has 0 amide bonds. The van der Waals surface area contributed by atoms with E-state index in [1.165, 1.54) is 12.1 Å². The third kappa shape index (κ3) is 3.06. The number of carbonyl (C=O) groups is 1. The Morgan fingerprint density at radius 3 is 2.72 bits per heavy atom. The van der Waals surface area contributed by atoms with E-state index >= 15 is 0 Å². The highest BCUT2D eigenvalue weighted by atomic mass is 127. The molecule has 1 aromatic rings. The van der Waals surface area contributed by atoms with Crippen LogP contribution in [0.4, 0.5) is 11.4 Å². The zero-order chi connectivity index (χ0) is 13.1. The van der Waals surface area contributed by atoms with Crippen LogP contribution in [0.2, 0.25) is 0 Å². The minimum Gasteiger partial charge on any atom is -0.358 e. The van der Waals surface area contributed by atoms with Gasteiger partial charge in [-0.05, 0) is 41.5 Å². The van der Waals surface area contributed by atoms with E-state index in [1.54, 1.807) is 12.1 Å². The molecule has 0 radical (unpaired) electrons. The van der Waals surface area contributed by atoms with Crippen LogP contribution in [0.25, 0.3) is 0 Å². The summed E-state index contributed by atoms with van der Waals surface area (Å²) in [5.74, 6) is 0.126. The first-order valence-corrected chi connectivity index (χ1v) is 6.58. The summed E-state index contributed by atoms with van der Waals surface area (Å²) in [6, 6.07) is 4.63. The van der Waals surface area contributed by atoms with Crippen LogP contribution in [-0.4, -0.2) is 10.7 Å². The van der Waals surface area contributed by atoms with Gasteiger partial charge >= 0.3 is 0 Å². The SMILES string of the molecule is O=C1C=C(Nc2ccc([N+](=O)[O-])cc2I)CCC1. The first kappa shape index (κ1) is 13.0. The molecule has 0 aromatic heterocycles. The number of nitrogens with one attached hydrogen (secondary N) is 1. The second kappa shape index (κ2) is 5.47. The van der Waals surface area contributed by atoms with Gasteiger partial charge in [-0.2, -0.15) is 0 Å². The third-order valence-electron chi connectivity index (χ3n) is 2.66. The minimum absolute atomic E-state index is 0.0682. The number of hydrogen-bond acceptors (Lipinski definition) is 4. The van der Waals surface area contributed by atoms with Crippen LogP contribution in [-0.2, 0) is 4.79 Å². The Balaban J connectivity index is 2.19. The van der Waals surface area contributed by atoms with E-state index in [0.717, 1.165) is 27.8 Å². The number of nitro groups is 1. The van der Waals surface area contributed by atoms with Crippen LogP contribution < -0.4 is 5.32 Å². The van der Waals surface area contributed by atoms with Crippen molar-refractivity contribution in [2.24, 2.45) is 0 Å². The summed E-state index contributed by atoms with van der Waals surface area (Å²) in [5, 5.41) is 13.8. The average Bonchev–Trinajstić information content (AvgIpc) is 2.31. The highest BCUT2D eigenvalue weighted by molar-refractivity contribution is 14.1. The second-order valence-corrected chi connectivity index (χ2v) is 5.20. The van der Waals surface area contributed by atoms with E-state index in [-0.39, 0.29) is 11.5 Å². The van der Waals surface area contributed by atoms with Gasteiger partial charge in [0.1, 0.15) is 0 Å². The Morgan fingerprint density at radius 1 is 1.33 bits per heavy atom. The quantitative estimate of drug-likeness (QED) is 0.512. The lowest BCUT2D eigenvalue weighted by Gasteiger charge is -2.15. The smallest absolute Gasteiger partial charge is 0.270 e. The topological polar surface area (TPSA) is 72.2 Å². The molecule has 94 valence electrons. The van der Waals surface area contributed by atoms with Crippen molar-refractivity contribution in [3.63, 3.8) is 0 Å². The molecule has 0 unspecified atom stereocenters. The lowest BCUT2D eigenvalue weighted by atomic mass is 10.0. The van der Waals surface area contributed by atoms with Gasteiger partial charge < -0.3 is 5.32 Å². The summed E-state index contributed by atoms with van der Waals surface area (Å²) in [6.07, 6.45) is 3.89. The van der Waals surface area contributed by atoms with E-state index in [4.69, 9.17) is 0 Å². The second-order valence-electron chi connectivity index (χ2n) is 4.04. The molecule has 0 saturated heterocycles. The van der Waals surface area contributed by atoms with Crippen LogP contribution in [0, 0.1) is 13.7 Å². The van der Waals surface area contributed by atoms with E-state index < -0.39 is 4.92 Å². The Bertz CT molecular complexity index is 540. The summed E-state index contributed by atoms with van der Waals surface area (Å²) < 4.78 is 0.765. The van der Waals surface area contributed by atoms with Crippen molar-refractivity contribution in [1.82, 2.24) is 0 Å². The highest BCUT2D eigenvalue weighted by Gasteiger charge is 2.13. The standard InChI is InChI=1S/C12H11IN2O3/c13-11-7-9(15(17)18)4-5-12(11)14-8-2-1-3-10(16)6-8/h4-7,14H,1-3H2. The molecule has 1 aliphatic carbocycles. The number of carbonyl (C=O) groups excluding carboxylic acids is 1. The predicted octanol–water partition coefficient (Wildman–Crippen LogP) is 3.25. The van der Waals surface area contributed by atoms with Gasteiger partial charge in [-0.15, -0.1) is 0 Å². The molecule has 0 aliphatic heterocycles. The summed E-state index contributed by atoms with van der Waals surface area (Å²) in [7, 11) is 0. The molecule has 5 nitrogen and oxygen atoms in total. The summed E-state index contributed by atoms with van der Waals surface area (Å²) in [5.41, 5.74) is 1.74. The number of ketones is 1. The van der Waals surface area contributed by atoms with Gasteiger partial charge in [-0.1, -0.05) is 0 Å². The fourth-order valence-corrected chi connectivity index (χ4v) is 2.42. The van der Waals surface area contributed by atoms with Crippen molar-refractivity contribution in [2.75, 3.05) is 5.32 Å². The minimum atomic E-state index is -0.421. The summed E-state index contributed by atoms with van der Waals surface area (Å²) in [4.78, 5) is 21.5.